The number of ether oxygens (including phenoxy) is 5. The van der Waals surface area contributed by atoms with Crippen LogP contribution in [-0.4, -0.2) is 52.9 Å². The molecule has 1 aromatic rings. The Morgan fingerprint density at radius 1 is 0.529 bits per heavy atom. The molecule has 5 heteroatoms. The van der Waals surface area contributed by atoms with Gasteiger partial charge in [0.05, 0.1) is 39.6 Å². The summed E-state index contributed by atoms with van der Waals surface area (Å²) in [5.74, 6) is 1.68. The minimum Gasteiger partial charge on any atom is -0.487 e. The maximum atomic E-state index is 6.13. The highest BCUT2D eigenvalue weighted by atomic mass is 16.6. The lowest BCUT2D eigenvalue weighted by atomic mass is 10.0. The number of para-hydroxylation sites is 1. The van der Waals surface area contributed by atoms with Gasteiger partial charge in [0.25, 0.3) is 0 Å². The average molecular weight is 479 g/mol. The van der Waals surface area contributed by atoms with Gasteiger partial charge in [0.15, 0.2) is 11.5 Å². The summed E-state index contributed by atoms with van der Waals surface area (Å²) in [5, 5.41) is 0. The van der Waals surface area contributed by atoms with E-state index in [1.165, 1.54) is 89.0 Å². The van der Waals surface area contributed by atoms with E-state index in [4.69, 9.17) is 23.7 Å². The van der Waals surface area contributed by atoms with Crippen LogP contribution in [0.4, 0.5) is 0 Å². The summed E-state index contributed by atoms with van der Waals surface area (Å²) in [5.41, 5.74) is 1.23. The largest absolute Gasteiger partial charge is 0.487 e. The zero-order chi connectivity index (χ0) is 23.9. The number of hydrogen-bond donors (Lipinski definition) is 0. The second-order valence-corrected chi connectivity index (χ2v) is 9.27. The lowest BCUT2D eigenvalue weighted by Crippen LogP contribution is -2.13. The Morgan fingerprint density at radius 3 is 1.56 bits per heavy atom. The van der Waals surface area contributed by atoms with Crippen LogP contribution in [0.5, 0.6) is 11.5 Å². The van der Waals surface area contributed by atoms with Crippen molar-refractivity contribution in [2.75, 3.05) is 52.9 Å². The molecular weight excluding hydrogens is 428 g/mol. The van der Waals surface area contributed by atoms with Gasteiger partial charge in [-0.1, -0.05) is 96.1 Å². The van der Waals surface area contributed by atoms with Crippen molar-refractivity contribution in [2.45, 2.75) is 96.8 Å². The third-order valence-corrected chi connectivity index (χ3v) is 6.31. The molecule has 1 aliphatic heterocycles. The predicted molar refractivity (Wildman–Crippen MR) is 139 cm³/mol. The Morgan fingerprint density at radius 2 is 1.00 bits per heavy atom. The van der Waals surface area contributed by atoms with Crippen LogP contribution in [0.3, 0.4) is 0 Å². The highest BCUT2D eigenvalue weighted by Gasteiger charge is 2.12. The molecule has 0 N–H and O–H groups in total. The summed E-state index contributed by atoms with van der Waals surface area (Å²) in [6, 6.07) is 6.23. The van der Waals surface area contributed by atoms with Crippen LogP contribution in [0.25, 0.3) is 0 Å². The fourth-order valence-electron chi connectivity index (χ4n) is 4.32. The first-order valence-electron chi connectivity index (χ1n) is 14.0. The predicted octanol–water partition coefficient (Wildman–Crippen LogP) is 7.14. The van der Waals surface area contributed by atoms with Crippen LogP contribution < -0.4 is 9.47 Å². The van der Waals surface area contributed by atoms with Crippen molar-refractivity contribution in [1.29, 1.82) is 0 Å². The molecule has 1 heterocycles. The van der Waals surface area contributed by atoms with Crippen molar-refractivity contribution in [3.05, 3.63) is 23.8 Å². The van der Waals surface area contributed by atoms with Crippen molar-refractivity contribution in [3.63, 3.8) is 0 Å². The summed E-state index contributed by atoms with van der Waals surface area (Å²) in [7, 11) is 0. The Kier molecular flexibility index (Phi) is 17.9. The van der Waals surface area contributed by atoms with Gasteiger partial charge in [-0.2, -0.15) is 0 Å². The zero-order valence-electron chi connectivity index (χ0n) is 21.8. The molecule has 1 aliphatic rings. The normalized spacial score (nSPS) is 16.0. The van der Waals surface area contributed by atoms with Gasteiger partial charge in [0.2, 0.25) is 0 Å². The molecule has 2 rings (SSSR count). The fourth-order valence-corrected chi connectivity index (χ4v) is 4.32. The lowest BCUT2D eigenvalue weighted by molar-refractivity contribution is 0.00706. The highest BCUT2D eigenvalue weighted by molar-refractivity contribution is 5.46. The molecule has 0 unspecified atom stereocenters. The van der Waals surface area contributed by atoms with Crippen LogP contribution in [0.15, 0.2) is 18.2 Å². The van der Waals surface area contributed by atoms with E-state index in [1.807, 2.05) is 6.07 Å². The summed E-state index contributed by atoms with van der Waals surface area (Å²) < 4.78 is 28.8. The van der Waals surface area contributed by atoms with E-state index in [1.54, 1.807) is 0 Å². The molecule has 5 nitrogen and oxygen atoms in total. The van der Waals surface area contributed by atoms with Crippen LogP contribution in [0.1, 0.15) is 96.0 Å². The van der Waals surface area contributed by atoms with E-state index in [0.29, 0.717) is 52.9 Å². The van der Waals surface area contributed by atoms with Crippen molar-refractivity contribution < 1.29 is 23.7 Å². The molecule has 34 heavy (non-hydrogen) atoms. The summed E-state index contributed by atoms with van der Waals surface area (Å²) in [6.07, 6.45) is 18.9. The van der Waals surface area contributed by atoms with E-state index in [0.717, 1.165) is 17.9 Å². The van der Waals surface area contributed by atoms with E-state index in [9.17, 15) is 0 Å². The Hall–Kier alpha value is -1.30. The van der Waals surface area contributed by atoms with Gasteiger partial charge in [0.1, 0.15) is 13.2 Å². The number of aryl methyl sites for hydroxylation is 1. The topological polar surface area (TPSA) is 46.2 Å². The van der Waals surface area contributed by atoms with Crippen LogP contribution in [0, 0.1) is 0 Å². The average Bonchev–Trinajstić information content (AvgIpc) is 2.86. The molecule has 0 bridgehead atoms. The molecule has 0 radical (unpaired) electrons. The quantitative estimate of drug-likeness (QED) is 0.266. The van der Waals surface area contributed by atoms with Crippen LogP contribution in [0.2, 0.25) is 0 Å². The van der Waals surface area contributed by atoms with E-state index < -0.39 is 0 Å². The number of hydrogen-bond acceptors (Lipinski definition) is 5. The third-order valence-electron chi connectivity index (χ3n) is 6.31. The van der Waals surface area contributed by atoms with Crippen LogP contribution in [-0.2, 0) is 20.6 Å². The number of unbranched alkanes of at least 4 members (excludes halogenated alkanes) is 12. The molecule has 196 valence electrons. The molecule has 0 fully saturated rings. The van der Waals surface area contributed by atoms with Gasteiger partial charge < -0.3 is 23.7 Å². The second-order valence-electron chi connectivity index (χ2n) is 9.27. The fraction of sp³-hybridized carbons (Fsp3) is 0.793. The van der Waals surface area contributed by atoms with Crippen molar-refractivity contribution in [3.8, 4) is 11.5 Å². The number of rotatable bonds is 14. The second kappa shape index (κ2) is 21.0. The zero-order valence-corrected chi connectivity index (χ0v) is 21.8. The minimum atomic E-state index is 0.509. The first-order valence-corrected chi connectivity index (χ1v) is 14.0. The Balaban J connectivity index is 1.65. The molecule has 0 aromatic heterocycles. The van der Waals surface area contributed by atoms with Gasteiger partial charge in [-0.05, 0) is 24.5 Å². The van der Waals surface area contributed by atoms with E-state index >= 15 is 0 Å². The molecule has 0 aliphatic carbocycles. The Labute approximate surface area is 208 Å². The van der Waals surface area contributed by atoms with Crippen LogP contribution >= 0.6 is 0 Å². The molecule has 0 amide bonds. The van der Waals surface area contributed by atoms with Crippen molar-refractivity contribution >= 4 is 0 Å². The Bertz CT molecular complexity index is 592. The third kappa shape index (κ3) is 14.2. The lowest BCUT2D eigenvalue weighted by Gasteiger charge is -2.16. The monoisotopic (exact) mass is 478 g/mol. The maximum absolute atomic E-state index is 6.13. The molecule has 0 saturated heterocycles. The summed E-state index contributed by atoms with van der Waals surface area (Å²) in [4.78, 5) is 0. The molecule has 0 atom stereocenters. The van der Waals surface area contributed by atoms with Crippen molar-refractivity contribution in [1.82, 2.24) is 0 Å². The van der Waals surface area contributed by atoms with E-state index in [-0.39, 0.29) is 0 Å². The van der Waals surface area contributed by atoms with Gasteiger partial charge in [-0.25, -0.2) is 0 Å². The summed E-state index contributed by atoms with van der Waals surface area (Å²) in [6.45, 7) is 6.72. The number of benzene rings is 1. The van der Waals surface area contributed by atoms with Gasteiger partial charge in [-0.3, -0.25) is 0 Å². The molecular formula is C29H50O5. The first kappa shape index (κ1) is 28.9. The molecule has 0 spiro atoms. The molecule has 0 saturated carbocycles. The van der Waals surface area contributed by atoms with Gasteiger partial charge in [-0.15, -0.1) is 0 Å². The van der Waals surface area contributed by atoms with E-state index in [2.05, 4.69) is 19.1 Å². The first-order chi connectivity index (χ1) is 16.9. The van der Waals surface area contributed by atoms with Gasteiger partial charge in [0, 0.05) is 0 Å². The van der Waals surface area contributed by atoms with Gasteiger partial charge >= 0.3 is 0 Å². The smallest absolute Gasteiger partial charge is 0.164 e. The highest BCUT2D eigenvalue weighted by Crippen LogP contribution is 2.32. The maximum Gasteiger partial charge on any atom is 0.164 e. The molecule has 1 aromatic carbocycles. The standard InChI is InChI=1S/C29H50O5/c1-2-3-4-5-6-7-8-9-10-11-12-13-14-16-27-17-15-18-28-29(27)34-26-24-32-22-20-30-19-21-31-23-25-33-28/h15,17-18H,2-14,16,19-26H2,1H3. The summed E-state index contributed by atoms with van der Waals surface area (Å²) >= 11 is 0. The van der Waals surface area contributed by atoms with Crippen molar-refractivity contribution in [2.24, 2.45) is 0 Å². The number of fused-ring (bicyclic) bond motifs is 1. The SMILES string of the molecule is CCCCCCCCCCCCCCCc1cccc2c1OCCOCCOCCOCCO2. The minimum absolute atomic E-state index is 0.509.